The number of rotatable bonds is 0. The van der Waals surface area contributed by atoms with Crippen LogP contribution in [0.15, 0.2) is 11.6 Å². The van der Waals surface area contributed by atoms with Crippen molar-refractivity contribution < 1.29 is 23.8 Å². The smallest absolute Gasteiger partial charge is 0.318 e. The van der Waals surface area contributed by atoms with Gasteiger partial charge < -0.3 is 14.2 Å². The Bertz CT molecular complexity index is 598. The number of carbonyl (C=O) groups is 2. The van der Waals surface area contributed by atoms with Gasteiger partial charge >= 0.3 is 11.9 Å². The van der Waals surface area contributed by atoms with E-state index in [0.29, 0.717) is 0 Å². The minimum Gasteiger partial charge on any atom is -0.393 e. The van der Waals surface area contributed by atoms with Crippen LogP contribution in [-0.4, -0.2) is 37.9 Å². The van der Waals surface area contributed by atoms with E-state index in [1.807, 2.05) is 0 Å². The summed E-state index contributed by atoms with van der Waals surface area (Å²) in [4.78, 5) is 25.1. The van der Waals surface area contributed by atoms with Gasteiger partial charge in [0.05, 0.1) is 17.9 Å². The lowest BCUT2D eigenvalue weighted by molar-refractivity contribution is -0.154. The zero-order chi connectivity index (χ0) is 19.3. The highest BCUT2D eigenvalue weighted by Gasteiger charge is 2.55. The first-order valence-corrected chi connectivity index (χ1v) is 11.4. The van der Waals surface area contributed by atoms with Crippen LogP contribution in [0.3, 0.4) is 0 Å². The third-order valence-corrected chi connectivity index (χ3v) is 7.04. The molecule has 4 aliphatic rings. The summed E-state index contributed by atoms with van der Waals surface area (Å²) in [6.45, 7) is 2.40. The summed E-state index contributed by atoms with van der Waals surface area (Å²) in [7, 11) is 0. The predicted octanol–water partition coefficient (Wildman–Crippen LogP) is 4.19. The fourth-order valence-corrected chi connectivity index (χ4v) is 5.63. The van der Waals surface area contributed by atoms with Crippen LogP contribution >= 0.6 is 0 Å². The van der Waals surface area contributed by atoms with Gasteiger partial charge in [0.1, 0.15) is 0 Å². The van der Waals surface area contributed by atoms with Crippen molar-refractivity contribution in [2.45, 2.75) is 76.7 Å². The Balaban J connectivity index is 1.59. The number of hydrogen-bond donors (Lipinski definition) is 0. The SMILES string of the molecule is O=C1OC(=O)[C@H]2[C@@H]1[C@@H]1C=C3[C@H]2CCCC[C@H]3OCCCCCCOCCCC1. The van der Waals surface area contributed by atoms with Gasteiger partial charge in [0.2, 0.25) is 0 Å². The van der Waals surface area contributed by atoms with Gasteiger partial charge in [0, 0.05) is 19.8 Å². The molecule has 5 heteroatoms. The van der Waals surface area contributed by atoms with E-state index in [0.717, 1.165) is 77.6 Å². The summed E-state index contributed by atoms with van der Waals surface area (Å²) in [6.07, 6.45) is 14.1. The molecule has 2 heterocycles. The molecule has 0 N–H and O–H groups in total. The molecule has 0 aromatic rings. The summed E-state index contributed by atoms with van der Waals surface area (Å²) in [5.74, 6) is -0.976. The van der Waals surface area contributed by atoms with E-state index in [1.54, 1.807) is 0 Å². The Labute approximate surface area is 168 Å². The van der Waals surface area contributed by atoms with Gasteiger partial charge in [0.25, 0.3) is 0 Å². The lowest BCUT2D eigenvalue weighted by Gasteiger charge is -2.37. The Kier molecular flexibility index (Phi) is 6.84. The number of esters is 2. The Hall–Kier alpha value is -1.20. The average molecular weight is 391 g/mol. The second kappa shape index (κ2) is 9.53. The molecule has 5 atom stereocenters. The predicted molar refractivity (Wildman–Crippen MR) is 104 cm³/mol. The Morgan fingerprint density at radius 3 is 2.25 bits per heavy atom. The van der Waals surface area contributed by atoms with Crippen molar-refractivity contribution in [3.05, 3.63) is 11.6 Å². The molecule has 28 heavy (non-hydrogen) atoms. The maximum Gasteiger partial charge on any atom is 0.318 e. The highest BCUT2D eigenvalue weighted by atomic mass is 16.6. The highest BCUT2D eigenvalue weighted by molar-refractivity contribution is 5.97. The molecular formula is C23H34O5. The minimum absolute atomic E-state index is 0.0901. The van der Waals surface area contributed by atoms with Gasteiger partial charge in [0.15, 0.2) is 0 Å². The van der Waals surface area contributed by atoms with E-state index in [-0.39, 0.29) is 41.7 Å². The largest absolute Gasteiger partial charge is 0.393 e. The van der Waals surface area contributed by atoms with Crippen LogP contribution < -0.4 is 0 Å². The van der Waals surface area contributed by atoms with Gasteiger partial charge in [-0.3, -0.25) is 9.59 Å². The lowest BCUT2D eigenvalue weighted by atomic mass is 9.65. The van der Waals surface area contributed by atoms with Crippen molar-refractivity contribution in [3.8, 4) is 0 Å². The summed E-state index contributed by atoms with van der Waals surface area (Å²) in [6, 6.07) is 0. The minimum atomic E-state index is -0.303. The molecule has 4 rings (SSSR count). The quantitative estimate of drug-likeness (QED) is 0.352. The molecule has 2 bridgehead atoms. The van der Waals surface area contributed by atoms with E-state index < -0.39 is 0 Å². The first kappa shape index (κ1) is 20.1. The molecule has 0 unspecified atom stereocenters. The Morgan fingerprint density at radius 1 is 0.714 bits per heavy atom. The third kappa shape index (κ3) is 4.35. The molecule has 2 aliphatic heterocycles. The van der Waals surface area contributed by atoms with Gasteiger partial charge in [-0.15, -0.1) is 0 Å². The number of fused-ring (bicyclic) bond motifs is 4. The second-order valence-electron chi connectivity index (χ2n) is 8.89. The zero-order valence-electron chi connectivity index (χ0n) is 16.9. The highest BCUT2D eigenvalue weighted by Crippen LogP contribution is 2.49. The van der Waals surface area contributed by atoms with Crippen molar-refractivity contribution in [2.24, 2.45) is 23.7 Å². The van der Waals surface area contributed by atoms with Crippen molar-refractivity contribution in [3.63, 3.8) is 0 Å². The van der Waals surface area contributed by atoms with E-state index in [2.05, 4.69) is 6.08 Å². The van der Waals surface area contributed by atoms with Crippen molar-refractivity contribution >= 4 is 11.9 Å². The lowest BCUT2D eigenvalue weighted by Crippen LogP contribution is -2.39. The molecule has 0 radical (unpaired) electrons. The maximum atomic E-state index is 12.6. The van der Waals surface area contributed by atoms with E-state index in [4.69, 9.17) is 14.2 Å². The molecule has 0 amide bonds. The number of carbonyl (C=O) groups excluding carboxylic acids is 2. The van der Waals surface area contributed by atoms with Crippen LogP contribution in [0.1, 0.15) is 70.6 Å². The topological polar surface area (TPSA) is 61.8 Å². The molecule has 5 nitrogen and oxygen atoms in total. The van der Waals surface area contributed by atoms with Gasteiger partial charge in [-0.05, 0) is 55.9 Å². The molecule has 156 valence electrons. The normalized spacial score (nSPS) is 38.1. The number of cyclic esters (lactones) is 2. The molecule has 0 aromatic carbocycles. The van der Waals surface area contributed by atoms with Crippen molar-refractivity contribution in [1.82, 2.24) is 0 Å². The van der Waals surface area contributed by atoms with Gasteiger partial charge in [-0.25, -0.2) is 0 Å². The summed E-state index contributed by atoms with van der Waals surface area (Å²) in [5.41, 5.74) is 1.29. The first-order valence-electron chi connectivity index (χ1n) is 11.4. The fourth-order valence-electron chi connectivity index (χ4n) is 5.63. The van der Waals surface area contributed by atoms with Crippen LogP contribution in [0.2, 0.25) is 0 Å². The summed E-state index contributed by atoms with van der Waals surface area (Å²) < 4.78 is 17.2. The monoisotopic (exact) mass is 390 g/mol. The molecule has 2 aliphatic carbocycles. The fraction of sp³-hybridized carbons (Fsp3) is 0.826. The van der Waals surface area contributed by atoms with Gasteiger partial charge in [-0.1, -0.05) is 38.2 Å². The second-order valence-corrected chi connectivity index (χ2v) is 8.89. The third-order valence-electron chi connectivity index (χ3n) is 7.04. The van der Waals surface area contributed by atoms with Crippen LogP contribution in [0.5, 0.6) is 0 Å². The molecule has 2 fully saturated rings. The van der Waals surface area contributed by atoms with E-state index >= 15 is 0 Å². The summed E-state index contributed by atoms with van der Waals surface area (Å²) in [5, 5.41) is 0. The molecule has 0 spiro atoms. The van der Waals surface area contributed by atoms with Crippen molar-refractivity contribution in [2.75, 3.05) is 19.8 Å². The number of allylic oxidation sites excluding steroid dienone is 1. The van der Waals surface area contributed by atoms with E-state index in [9.17, 15) is 9.59 Å². The zero-order valence-corrected chi connectivity index (χ0v) is 16.9. The number of hydrogen-bond acceptors (Lipinski definition) is 5. The van der Waals surface area contributed by atoms with Crippen LogP contribution in [0.25, 0.3) is 0 Å². The molecule has 0 aromatic heterocycles. The number of ether oxygens (including phenoxy) is 3. The van der Waals surface area contributed by atoms with Crippen LogP contribution in [-0.2, 0) is 23.8 Å². The standard InChI is InChI=1S/C23H34O5/c24-22-20-16-9-5-8-13-26-12-6-1-2-7-14-27-19-11-4-3-10-17(18(19)15-16)21(20)23(25)28-22/h15-17,19-21H,1-14H2/t16-,17+,19+,20-,21+/m0/s1. The summed E-state index contributed by atoms with van der Waals surface area (Å²) >= 11 is 0. The maximum absolute atomic E-state index is 12.6. The van der Waals surface area contributed by atoms with Gasteiger partial charge in [-0.2, -0.15) is 0 Å². The molecule has 1 saturated carbocycles. The molecule has 1 saturated heterocycles. The Morgan fingerprint density at radius 2 is 1.39 bits per heavy atom. The van der Waals surface area contributed by atoms with E-state index in [1.165, 1.54) is 18.4 Å². The van der Waals surface area contributed by atoms with Crippen molar-refractivity contribution in [1.29, 1.82) is 0 Å². The molecular weight excluding hydrogens is 356 g/mol. The van der Waals surface area contributed by atoms with Crippen LogP contribution in [0, 0.1) is 23.7 Å². The average Bonchev–Trinajstić information content (AvgIpc) is 2.86. The first-order chi connectivity index (χ1) is 13.8. The van der Waals surface area contributed by atoms with Crippen LogP contribution in [0.4, 0.5) is 0 Å².